The van der Waals surface area contributed by atoms with Crippen LogP contribution >= 0.6 is 11.6 Å². The maximum Gasteiger partial charge on any atom is 0.0642 e. The van der Waals surface area contributed by atoms with Gasteiger partial charge in [-0.1, -0.05) is 24.6 Å². The molecule has 1 fully saturated rings. The molecule has 82 valence electrons. The van der Waals surface area contributed by atoms with E-state index in [1.54, 1.807) is 0 Å². The lowest BCUT2D eigenvalue weighted by atomic mass is 10.1. The molecule has 1 heterocycles. The average molecular weight is 226 g/mol. The predicted molar refractivity (Wildman–Crippen MR) is 63.9 cm³/mol. The molecule has 0 saturated carbocycles. The molecule has 1 aromatic carbocycles. The molecule has 15 heavy (non-hydrogen) atoms. The molecule has 1 aliphatic heterocycles. The van der Waals surface area contributed by atoms with Crippen molar-refractivity contribution < 1.29 is 4.74 Å². The van der Waals surface area contributed by atoms with Crippen LogP contribution in [0.15, 0.2) is 18.2 Å². The molecule has 0 amide bonds. The molecule has 1 aliphatic rings. The Kier molecular flexibility index (Phi) is 3.49. The van der Waals surface area contributed by atoms with Crippen LogP contribution in [0.25, 0.3) is 0 Å². The minimum absolute atomic E-state index is 0.813. The molecule has 2 rings (SSSR count). The largest absolute Gasteiger partial charge is 0.378 e. The van der Waals surface area contributed by atoms with Crippen LogP contribution in [0.5, 0.6) is 0 Å². The van der Waals surface area contributed by atoms with Gasteiger partial charge in [0.2, 0.25) is 0 Å². The highest BCUT2D eigenvalue weighted by Crippen LogP contribution is 2.24. The maximum atomic E-state index is 6.19. The van der Waals surface area contributed by atoms with E-state index in [1.165, 1.54) is 11.3 Å². The quantitative estimate of drug-likeness (QED) is 0.768. The summed E-state index contributed by atoms with van der Waals surface area (Å²) >= 11 is 6.19. The summed E-state index contributed by atoms with van der Waals surface area (Å²) in [7, 11) is 0. The summed E-state index contributed by atoms with van der Waals surface area (Å²) in [5.74, 6) is 0. The van der Waals surface area contributed by atoms with Gasteiger partial charge in [0.05, 0.1) is 13.2 Å². The van der Waals surface area contributed by atoms with Crippen LogP contribution in [0.3, 0.4) is 0 Å². The first-order valence-corrected chi connectivity index (χ1v) is 5.80. The second-order valence-electron chi connectivity index (χ2n) is 3.73. The number of morpholine rings is 1. The lowest BCUT2D eigenvalue weighted by Crippen LogP contribution is -2.36. The van der Waals surface area contributed by atoms with Gasteiger partial charge in [0.25, 0.3) is 0 Å². The molecule has 3 heteroatoms. The van der Waals surface area contributed by atoms with Gasteiger partial charge in [-0.3, -0.25) is 0 Å². The Bertz CT molecular complexity index is 334. The maximum absolute atomic E-state index is 6.19. The third kappa shape index (κ3) is 2.44. The smallest absolute Gasteiger partial charge is 0.0642 e. The lowest BCUT2D eigenvalue weighted by molar-refractivity contribution is 0.122. The zero-order valence-corrected chi connectivity index (χ0v) is 9.76. The van der Waals surface area contributed by atoms with E-state index in [-0.39, 0.29) is 0 Å². The van der Waals surface area contributed by atoms with Crippen molar-refractivity contribution in [1.82, 2.24) is 0 Å². The predicted octanol–water partition coefficient (Wildman–Crippen LogP) is 2.74. The summed E-state index contributed by atoms with van der Waals surface area (Å²) in [5, 5.41) is 0.876. The van der Waals surface area contributed by atoms with Crippen molar-refractivity contribution in [2.45, 2.75) is 13.3 Å². The molecule has 0 spiro atoms. The van der Waals surface area contributed by atoms with Crippen LogP contribution in [-0.2, 0) is 11.2 Å². The minimum atomic E-state index is 0.813. The number of hydrogen-bond donors (Lipinski definition) is 0. The van der Waals surface area contributed by atoms with E-state index in [0.29, 0.717) is 0 Å². The van der Waals surface area contributed by atoms with Crippen LogP contribution in [-0.4, -0.2) is 26.3 Å². The Morgan fingerprint density at radius 3 is 2.67 bits per heavy atom. The number of nitrogens with zero attached hydrogens (tertiary/aromatic N) is 1. The van der Waals surface area contributed by atoms with Gasteiger partial charge in [-0.15, -0.1) is 0 Å². The number of hydrogen-bond acceptors (Lipinski definition) is 2. The first-order chi connectivity index (χ1) is 7.31. The van der Waals surface area contributed by atoms with E-state index >= 15 is 0 Å². The van der Waals surface area contributed by atoms with Crippen molar-refractivity contribution in [1.29, 1.82) is 0 Å². The van der Waals surface area contributed by atoms with Gasteiger partial charge < -0.3 is 9.64 Å². The summed E-state index contributed by atoms with van der Waals surface area (Å²) in [4.78, 5) is 2.31. The molecular weight excluding hydrogens is 210 g/mol. The van der Waals surface area contributed by atoms with Gasteiger partial charge in [0.1, 0.15) is 0 Å². The fourth-order valence-corrected chi connectivity index (χ4v) is 2.15. The summed E-state index contributed by atoms with van der Waals surface area (Å²) in [5.41, 5.74) is 2.43. The third-order valence-electron chi connectivity index (χ3n) is 2.79. The fraction of sp³-hybridized carbons (Fsp3) is 0.500. The number of rotatable bonds is 2. The van der Waals surface area contributed by atoms with Gasteiger partial charge in [-0.25, -0.2) is 0 Å². The Hall–Kier alpha value is -0.730. The van der Waals surface area contributed by atoms with Crippen LogP contribution in [0.2, 0.25) is 5.02 Å². The van der Waals surface area contributed by atoms with Crippen LogP contribution in [0.4, 0.5) is 5.69 Å². The third-order valence-corrected chi connectivity index (χ3v) is 3.15. The van der Waals surface area contributed by atoms with Crippen molar-refractivity contribution in [3.8, 4) is 0 Å². The summed E-state index contributed by atoms with van der Waals surface area (Å²) in [6, 6.07) is 6.33. The van der Waals surface area contributed by atoms with Gasteiger partial charge in [-0.2, -0.15) is 0 Å². The van der Waals surface area contributed by atoms with E-state index in [9.17, 15) is 0 Å². The van der Waals surface area contributed by atoms with Crippen molar-refractivity contribution in [2.24, 2.45) is 0 Å². The number of anilines is 1. The Labute approximate surface area is 95.8 Å². The summed E-state index contributed by atoms with van der Waals surface area (Å²) in [6.45, 7) is 5.67. The van der Waals surface area contributed by atoms with E-state index in [4.69, 9.17) is 16.3 Å². The van der Waals surface area contributed by atoms with Crippen LogP contribution < -0.4 is 4.90 Å². The van der Waals surface area contributed by atoms with E-state index in [1.807, 2.05) is 0 Å². The molecule has 0 radical (unpaired) electrons. The van der Waals surface area contributed by atoms with E-state index in [2.05, 4.69) is 30.0 Å². The first-order valence-electron chi connectivity index (χ1n) is 5.42. The second-order valence-corrected chi connectivity index (χ2v) is 4.14. The second kappa shape index (κ2) is 4.86. The molecular formula is C12H16ClNO. The average Bonchev–Trinajstić information content (AvgIpc) is 2.30. The van der Waals surface area contributed by atoms with Crippen molar-refractivity contribution in [3.05, 3.63) is 28.8 Å². The number of halogens is 1. The standard InChI is InChI=1S/C12H16ClNO/c1-2-10-3-4-11(9-12(10)13)14-5-7-15-8-6-14/h3-4,9H,2,5-8H2,1H3. The summed E-state index contributed by atoms with van der Waals surface area (Å²) < 4.78 is 5.32. The number of benzene rings is 1. The Morgan fingerprint density at radius 2 is 2.07 bits per heavy atom. The highest BCUT2D eigenvalue weighted by Gasteiger charge is 2.11. The Morgan fingerprint density at radius 1 is 1.33 bits per heavy atom. The Balaban J connectivity index is 2.17. The monoisotopic (exact) mass is 225 g/mol. The molecule has 0 N–H and O–H groups in total. The number of ether oxygens (including phenoxy) is 1. The molecule has 1 aromatic rings. The zero-order valence-electron chi connectivity index (χ0n) is 9.00. The highest BCUT2D eigenvalue weighted by atomic mass is 35.5. The normalized spacial score (nSPS) is 16.8. The van der Waals surface area contributed by atoms with Gasteiger partial charge >= 0.3 is 0 Å². The minimum Gasteiger partial charge on any atom is -0.378 e. The SMILES string of the molecule is CCc1ccc(N2CCOCC2)cc1Cl. The van der Waals surface area contributed by atoms with Crippen LogP contribution in [0, 0.1) is 0 Å². The van der Waals surface area contributed by atoms with Gasteiger partial charge in [0.15, 0.2) is 0 Å². The molecule has 0 aliphatic carbocycles. The molecule has 2 nitrogen and oxygen atoms in total. The zero-order chi connectivity index (χ0) is 10.7. The molecule has 0 unspecified atom stereocenters. The van der Waals surface area contributed by atoms with Gasteiger partial charge in [0, 0.05) is 23.8 Å². The van der Waals surface area contributed by atoms with E-state index < -0.39 is 0 Å². The van der Waals surface area contributed by atoms with Crippen molar-refractivity contribution >= 4 is 17.3 Å². The fourth-order valence-electron chi connectivity index (χ4n) is 1.84. The van der Waals surface area contributed by atoms with Crippen LogP contribution in [0.1, 0.15) is 12.5 Å². The topological polar surface area (TPSA) is 12.5 Å². The molecule has 0 atom stereocenters. The van der Waals surface area contributed by atoms with Crippen molar-refractivity contribution in [2.75, 3.05) is 31.2 Å². The molecule has 1 saturated heterocycles. The molecule has 0 bridgehead atoms. The van der Waals surface area contributed by atoms with Crippen molar-refractivity contribution in [3.63, 3.8) is 0 Å². The lowest BCUT2D eigenvalue weighted by Gasteiger charge is -2.29. The highest BCUT2D eigenvalue weighted by molar-refractivity contribution is 6.31. The van der Waals surface area contributed by atoms with E-state index in [0.717, 1.165) is 37.7 Å². The number of aryl methyl sites for hydroxylation is 1. The molecule has 0 aromatic heterocycles. The summed E-state index contributed by atoms with van der Waals surface area (Å²) in [6.07, 6.45) is 0.988. The van der Waals surface area contributed by atoms with Gasteiger partial charge in [-0.05, 0) is 24.1 Å². The first kappa shape index (κ1) is 10.8.